The predicted molar refractivity (Wildman–Crippen MR) is 134 cm³/mol. The van der Waals surface area contributed by atoms with E-state index in [0.717, 1.165) is 62.0 Å². The molecule has 0 saturated carbocycles. The third kappa shape index (κ3) is 5.61. The SMILES string of the molecule is C[C@@H](C(=O)Nc1ccc(Cc2nc3ccccc3s2)cc1)N1CCN(C[C@H]2CCCO2)CC1. The number of aromatic nitrogens is 1. The minimum absolute atomic E-state index is 0.0569. The topological polar surface area (TPSA) is 57.7 Å². The maximum atomic E-state index is 12.9. The van der Waals surface area contributed by atoms with Gasteiger partial charge in [0.1, 0.15) is 0 Å². The fraction of sp³-hybridized carbons (Fsp3) is 0.462. The molecule has 2 aliphatic rings. The highest BCUT2D eigenvalue weighted by Crippen LogP contribution is 2.24. The molecule has 1 aromatic heterocycles. The molecule has 2 saturated heterocycles. The number of para-hydroxylation sites is 1. The van der Waals surface area contributed by atoms with Crippen LogP contribution >= 0.6 is 11.3 Å². The van der Waals surface area contributed by atoms with Crippen molar-refractivity contribution in [2.24, 2.45) is 0 Å². The van der Waals surface area contributed by atoms with E-state index in [4.69, 9.17) is 9.72 Å². The lowest BCUT2D eigenvalue weighted by atomic mass is 10.1. The van der Waals surface area contributed by atoms with Gasteiger partial charge >= 0.3 is 0 Å². The van der Waals surface area contributed by atoms with Crippen molar-refractivity contribution in [1.29, 1.82) is 0 Å². The number of nitrogens with one attached hydrogen (secondary N) is 1. The van der Waals surface area contributed by atoms with Crippen LogP contribution in [0.15, 0.2) is 48.5 Å². The lowest BCUT2D eigenvalue weighted by Gasteiger charge is -2.38. The summed E-state index contributed by atoms with van der Waals surface area (Å²) in [4.78, 5) is 22.3. The number of carbonyl (C=O) groups is 1. The molecule has 0 unspecified atom stereocenters. The quantitative estimate of drug-likeness (QED) is 0.573. The standard InChI is InChI=1S/C26H32N4O2S/c1-19(30-14-12-29(13-15-30)18-22-5-4-16-32-22)26(31)27-21-10-8-20(9-11-21)17-25-28-23-6-2-3-7-24(23)33-25/h2-3,6-11,19,22H,4-5,12-18H2,1H3,(H,27,31)/t19-,22+/m0/s1. The zero-order valence-electron chi connectivity index (χ0n) is 19.2. The summed E-state index contributed by atoms with van der Waals surface area (Å²) in [7, 11) is 0. The number of amides is 1. The minimum Gasteiger partial charge on any atom is -0.377 e. The number of thiazole rings is 1. The molecule has 174 valence electrons. The molecule has 2 atom stereocenters. The summed E-state index contributed by atoms with van der Waals surface area (Å²) in [5.74, 6) is 0.0569. The average molecular weight is 465 g/mol. The Morgan fingerprint density at radius 2 is 1.94 bits per heavy atom. The van der Waals surface area contributed by atoms with Crippen molar-refractivity contribution < 1.29 is 9.53 Å². The fourth-order valence-corrected chi connectivity index (χ4v) is 5.70. The molecule has 1 N–H and O–H groups in total. The van der Waals surface area contributed by atoms with Gasteiger partial charge in [-0.2, -0.15) is 0 Å². The van der Waals surface area contributed by atoms with Gasteiger partial charge in [-0.3, -0.25) is 14.6 Å². The van der Waals surface area contributed by atoms with Crippen LogP contribution in [0.25, 0.3) is 10.2 Å². The normalized spacial score (nSPS) is 20.8. The molecule has 3 aromatic rings. The zero-order valence-corrected chi connectivity index (χ0v) is 20.0. The Hall–Kier alpha value is -2.32. The number of nitrogens with zero attached hydrogens (tertiary/aromatic N) is 3. The number of hydrogen-bond acceptors (Lipinski definition) is 6. The molecule has 0 radical (unpaired) electrons. The van der Waals surface area contributed by atoms with Crippen LogP contribution in [0.2, 0.25) is 0 Å². The smallest absolute Gasteiger partial charge is 0.241 e. The zero-order chi connectivity index (χ0) is 22.6. The number of carbonyl (C=O) groups excluding carboxylic acids is 1. The van der Waals surface area contributed by atoms with Crippen molar-refractivity contribution >= 4 is 33.1 Å². The van der Waals surface area contributed by atoms with Crippen molar-refractivity contribution in [3.63, 3.8) is 0 Å². The second kappa shape index (κ2) is 10.3. The van der Waals surface area contributed by atoms with Crippen LogP contribution in [0.1, 0.15) is 30.3 Å². The molecule has 2 fully saturated rings. The first-order chi connectivity index (χ1) is 16.1. The van der Waals surface area contributed by atoms with Crippen molar-refractivity contribution in [1.82, 2.24) is 14.8 Å². The van der Waals surface area contributed by atoms with E-state index < -0.39 is 0 Å². The first-order valence-corrected chi connectivity index (χ1v) is 12.8. The first-order valence-electron chi connectivity index (χ1n) is 12.0. The number of anilines is 1. The number of piperazine rings is 1. The predicted octanol–water partition coefficient (Wildman–Crippen LogP) is 4.01. The van der Waals surface area contributed by atoms with E-state index in [9.17, 15) is 4.79 Å². The van der Waals surface area contributed by atoms with Crippen molar-refractivity contribution in [3.05, 3.63) is 59.1 Å². The van der Waals surface area contributed by atoms with E-state index in [1.54, 1.807) is 11.3 Å². The molecule has 1 amide bonds. The van der Waals surface area contributed by atoms with Crippen LogP contribution in [-0.2, 0) is 16.0 Å². The molecule has 7 heteroatoms. The molecule has 5 rings (SSSR count). The van der Waals surface area contributed by atoms with Gasteiger partial charge in [0.2, 0.25) is 5.91 Å². The minimum atomic E-state index is -0.141. The number of ether oxygens (including phenoxy) is 1. The largest absolute Gasteiger partial charge is 0.377 e. The summed E-state index contributed by atoms with van der Waals surface area (Å²) < 4.78 is 6.99. The van der Waals surface area contributed by atoms with Gasteiger partial charge in [0.25, 0.3) is 0 Å². The van der Waals surface area contributed by atoms with Gasteiger partial charge in [-0.1, -0.05) is 24.3 Å². The van der Waals surface area contributed by atoms with Gasteiger partial charge in [-0.15, -0.1) is 11.3 Å². The van der Waals surface area contributed by atoms with Crippen molar-refractivity contribution in [3.8, 4) is 0 Å². The number of benzene rings is 2. The Morgan fingerprint density at radius 1 is 1.15 bits per heavy atom. The van der Waals surface area contributed by atoms with Crippen LogP contribution in [0, 0.1) is 0 Å². The fourth-order valence-electron chi connectivity index (χ4n) is 4.70. The van der Waals surface area contributed by atoms with Gasteiger partial charge in [0.15, 0.2) is 0 Å². The molecule has 6 nitrogen and oxygen atoms in total. The van der Waals surface area contributed by atoms with E-state index in [1.807, 2.05) is 31.2 Å². The maximum Gasteiger partial charge on any atom is 0.241 e. The molecule has 0 aliphatic carbocycles. The van der Waals surface area contributed by atoms with Crippen LogP contribution in [0.4, 0.5) is 5.69 Å². The molecule has 0 bridgehead atoms. The highest BCUT2D eigenvalue weighted by atomic mass is 32.1. The van der Waals surface area contributed by atoms with E-state index in [1.165, 1.54) is 23.1 Å². The van der Waals surface area contributed by atoms with E-state index in [2.05, 4.69) is 39.4 Å². The molecule has 3 heterocycles. The second-order valence-electron chi connectivity index (χ2n) is 9.09. The summed E-state index contributed by atoms with van der Waals surface area (Å²) in [6.45, 7) is 7.77. The first kappa shape index (κ1) is 22.5. The Bertz CT molecular complexity index is 1040. The molecule has 0 spiro atoms. The third-order valence-corrected chi connectivity index (χ3v) is 7.77. The summed E-state index contributed by atoms with van der Waals surface area (Å²) >= 11 is 1.74. The molecule has 33 heavy (non-hydrogen) atoms. The van der Waals surface area contributed by atoms with E-state index >= 15 is 0 Å². The average Bonchev–Trinajstić information content (AvgIpc) is 3.49. The lowest BCUT2D eigenvalue weighted by Crippen LogP contribution is -2.53. The van der Waals surface area contributed by atoms with Crippen LogP contribution in [-0.4, -0.2) is 72.2 Å². The maximum absolute atomic E-state index is 12.9. The highest BCUT2D eigenvalue weighted by molar-refractivity contribution is 7.18. The molecular formula is C26H32N4O2S. The Labute approximate surface area is 199 Å². The van der Waals surface area contributed by atoms with Crippen LogP contribution in [0.3, 0.4) is 0 Å². The number of fused-ring (bicyclic) bond motifs is 1. The second-order valence-corrected chi connectivity index (χ2v) is 10.2. The Morgan fingerprint density at radius 3 is 2.67 bits per heavy atom. The summed E-state index contributed by atoms with van der Waals surface area (Å²) in [5, 5.41) is 4.21. The summed E-state index contributed by atoms with van der Waals surface area (Å²) in [5.41, 5.74) is 3.10. The van der Waals surface area contributed by atoms with Gasteiger partial charge in [-0.25, -0.2) is 4.98 Å². The Kier molecular flexibility index (Phi) is 7.02. The van der Waals surface area contributed by atoms with Crippen LogP contribution in [0.5, 0.6) is 0 Å². The highest BCUT2D eigenvalue weighted by Gasteiger charge is 2.27. The number of rotatable bonds is 7. The van der Waals surface area contributed by atoms with E-state index in [0.29, 0.717) is 6.10 Å². The molecule has 2 aromatic carbocycles. The lowest BCUT2D eigenvalue weighted by molar-refractivity contribution is -0.121. The number of hydrogen-bond donors (Lipinski definition) is 1. The van der Waals surface area contributed by atoms with Crippen LogP contribution < -0.4 is 5.32 Å². The monoisotopic (exact) mass is 464 g/mol. The summed E-state index contributed by atoms with van der Waals surface area (Å²) in [6, 6.07) is 16.2. The molecular weight excluding hydrogens is 432 g/mol. The van der Waals surface area contributed by atoms with Crippen molar-refractivity contribution in [2.45, 2.75) is 38.3 Å². The van der Waals surface area contributed by atoms with Gasteiger partial charge in [0.05, 0.1) is 27.4 Å². The van der Waals surface area contributed by atoms with Gasteiger partial charge in [0, 0.05) is 51.4 Å². The molecule has 2 aliphatic heterocycles. The van der Waals surface area contributed by atoms with Crippen molar-refractivity contribution in [2.75, 3.05) is 44.6 Å². The van der Waals surface area contributed by atoms with Gasteiger partial charge < -0.3 is 10.1 Å². The van der Waals surface area contributed by atoms with E-state index in [-0.39, 0.29) is 11.9 Å². The van der Waals surface area contributed by atoms with Gasteiger partial charge in [-0.05, 0) is 49.6 Å². The summed E-state index contributed by atoms with van der Waals surface area (Å²) in [6.07, 6.45) is 3.57. The third-order valence-electron chi connectivity index (χ3n) is 6.73. The Balaban J connectivity index is 1.10.